The predicted octanol–water partition coefficient (Wildman–Crippen LogP) is 2.53. The SMILES string of the molecule is Cl.O=C(N[C@H](Cc1ccccc1)C(=O)O)c1ccccc1. The Bertz CT molecular complexity index is 587. The number of aliphatic carboxylic acids is 1. The summed E-state index contributed by atoms with van der Waals surface area (Å²) in [6.45, 7) is 0. The number of benzene rings is 2. The molecule has 2 rings (SSSR count). The Balaban J connectivity index is 0.00000220. The van der Waals surface area contributed by atoms with Gasteiger partial charge in [0.05, 0.1) is 0 Å². The summed E-state index contributed by atoms with van der Waals surface area (Å²) < 4.78 is 0. The molecule has 0 aliphatic carbocycles. The number of rotatable bonds is 5. The predicted molar refractivity (Wildman–Crippen MR) is 82.7 cm³/mol. The van der Waals surface area contributed by atoms with E-state index < -0.39 is 12.0 Å². The number of hydrogen-bond donors (Lipinski definition) is 2. The van der Waals surface area contributed by atoms with Crippen LogP contribution >= 0.6 is 12.4 Å². The lowest BCUT2D eigenvalue weighted by Gasteiger charge is -2.14. The lowest BCUT2D eigenvalue weighted by molar-refractivity contribution is -0.139. The smallest absolute Gasteiger partial charge is 0.326 e. The summed E-state index contributed by atoms with van der Waals surface area (Å²) in [6.07, 6.45) is 0.259. The molecule has 0 aliphatic heterocycles. The molecule has 0 aliphatic rings. The number of amides is 1. The maximum absolute atomic E-state index is 12.0. The zero-order valence-corrected chi connectivity index (χ0v) is 12.0. The van der Waals surface area contributed by atoms with E-state index >= 15 is 0 Å². The van der Waals surface area contributed by atoms with E-state index in [1.165, 1.54) is 0 Å². The van der Waals surface area contributed by atoms with Gasteiger partial charge in [-0.1, -0.05) is 48.5 Å². The molecule has 110 valence electrons. The second-order valence-corrected chi connectivity index (χ2v) is 4.42. The summed E-state index contributed by atoms with van der Waals surface area (Å²) in [4.78, 5) is 23.2. The standard InChI is InChI=1S/C16H15NO3.ClH/c18-15(13-9-5-2-6-10-13)17-14(16(19)20)11-12-7-3-1-4-8-12;/h1-10,14H,11H2,(H,17,18)(H,19,20);1H/t14-;/m1./s1. The molecule has 0 fully saturated rings. The zero-order chi connectivity index (χ0) is 14.4. The van der Waals surface area contributed by atoms with Gasteiger partial charge in [0, 0.05) is 12.0 Å². The highest BCUT2D eigenvalue weighted by Crippen LogP contribution is 2.05. The summed E-state index contributed by atoms with van der Waals surface area (Å²) in [5.41, 5.74) is 1.32. The average Bonchev–Trinajstić information content (AvgIpc) is 2.48. The van der Waals surface area contributed by atoms with E-state index in [1.807, 2.05) is 30.3 Å². The number of carbonyl (C=O) groups excluding carboxylic acids is 1. The molecule has 0 spiro atoms. The Kier molecular flexibility index (Phi) is 6.43. The van der Waals surface area contributed by atoms with Gasteiger partial charge in [-0.25, -0.2) is 4.79 Å². The molecule has 2 aromatic rings. The van der Waals surface area contributed by atoms with Crippen molar-refractivity contribution in [1.82, 2.24) is 5.32 Å². The summed E-state index contributed by atoms with van der Waals surface area (Å²) in [5, 5.41) is 11.8. The summed E-state index contributed by atoms with van der Waals surface area (Å²) in [7, 11) is 0. The summed E-state index contributed by atoms with van der Waals surface area (Å²) in [6, 6.07) is 16.9. The fourth-order valence-electron chi connectivity index (χ4n) is 1.88. The van der Waals surface area contributed by atoms with Gasteiger partial charge in [0.25, 0.3) is 5.91 Å². The van der Waals surface area contributed by atoms with Crippen LogP contribution in [0, 0.1) is 0 Å². The number of carboxylic acid groups (broad SMARTS) is 1. The van der Waals surface area contributed by atoms with Crippen molar-refractivity contribution in [1.29, 1.82) is 0 Å². The highest BCUT2D eigenvalue weighted by atomic mass is 35.5. The van der Waals surface area contributed by atoms with Gasteiger partial charge in [-0.3, -0.25) is 4.79 Å². The molecule has 5 heteroatoms. The fraction of sp³-hybridized carbons (Fsp3) is 0.125. The largest absolute Gasteiger partial charge is 0.480 e. The van der Waals surface area contributed by atoms with Crippen molar-refractivity contribution in [3.63, 3.8) is 0 Å². The zero-order valence-electron chi connectivity index (χ0n) is 11.2. The first kappa shape index (κ1) is 16.7. The van der Waals surface area contributed by atoms with E-state index in [0.717, 1.165) is 5.56 Å². The molecule has 0 radical (unpaired) electrons. The van der Waals surface area contributed by atoms with E-state index in [-0.39, 0.29) is 24.7 Å². The first-order valence-corrected chi connectivity index (χ1v) is 6.29. The van der Waals surface area contributed by atoms with Crippen LogP contribution in [0.1, 0.15) is 15.9 Å². The van der Waals surface area contributed by atoms with Crippen LogP contribution in [0.3, 0.4) is 0 Å². The van der Waals surface area contributed by atoms with Gasteiger partial charge in [-0.05, 0) is 17.7 Å². The minimum Gasteiger partial charge on any atom is -0.480 e. The molecule has 2 N–H and O–H groups in total. The van der Waals surface area contributed by atoms with Gasteiger partial charge in [0.15, 0.2) is 0 Å². The summed E-state index contributed by atoms with van der Waals surface area (Å²) in [5.74, 6) is -1.42. The lowest BCUT2D eigenvalue weighted by atomic mass is 10.1. The second kappa shape index (κ2) is 8.07. The fourth-order valence-corrected chi connectivity index (χ4v) is 1.88. The molecule has 0 heterocycles. The molecular weight excluding hydrogens is 290 g/mol. The molecule has 2 aromatic carbocycles. The Hall–Kier alpha value is -2.33. The van der Waals surface area contributed by atoms with Crippen molar-refractivity contribution >= 4 is 24.3 Å². The molecule has 0 unspecified atom stereocenters. The molecule has 0 saturated carbocycles. The molecule has 4 nitrogen and oxygen atoms in total. The van der Waals surface area contributed by atoms with Gasteiger partial charge in [0.1, 0.15) is 6.04 Å². The number of carbonyl (C=O) groups is 2. The summed E-state index contributed by atoms with van der Waals surface area (Å²) >= 11 is 0. The minimum atomic E-state index is -1.04. The molecule has 0 saturated heterocycles. The van der Waals surface area contributed by atoms with Crippen molar-refractivity contribution in [2.45, 2.75) is 12.5 Å². The third kappa shape index (κ3) is 4.93. The van der Waals surface area contributed by atoms with Crippen LogP contribution in [0.2, 0.25) is 0 Å². The number of hydrogen-bond acceptors (Lipinski definition) is 2. The second-order valence-electron chi connectivity index (χ2n) is 4.42. The van der Waals surface area contributed by atoms with Crippen molar-refractivity contribution in [3.05, 3.63) is 71.8 Å². The molecular formula is C16H16ClNO3. The van der Waals surface area contributed by atoms with Crippen molar-refractivity contribution in [2.75, 3.05) is 0 Å². The Morgan fingerprint density at radius 3 is 2.00 bits per heavy atom. The van der Waals surface area contributed by atoms with Gasteiger partial charge in [0.2, 0.25) is 0 Å². The van der Waals surface area contributed by atoms with Crippen LogP contribution in [0.4, 0.5) is 0 Å². The maximum atomic E-state index is 12.0. The third-order valence-corrected chi connectivity index (χ3v) is 2.92. The number of nitrogens with one attached hydrogen (secondary N) is 1. The van der Waals surface area contributed by atoms with Gasteiger partial charge in [-0.15, -0.1) is 12.4 Å². The van der Waals surface area contributed by atoms with Crippen LogP contribution in [-0.2, 0) is 11.2 Å². The van der Waals surface area contributed by atoms with Crippen LogP contribution in [0.25, 0.3) is 0 Å². The quantitative estimate of drug-likeness (QED) is 0.892. The van der Waals surface area contributed by atoms with Crippen molar-refractivity contribution in [3.8, 4) is 0 Å². The average molecular weight is 306 g/mol. The Morgan fingerprint density at radius 1 is 0.952 bits per heavy atom. The highest BCUT2D eigenvalue weighted by molar-refractivity contribution is 5.96. The molecule has 1 amide bonds. The first-order chi connectivity index (χ1) is 9.66. The molecule has 0 aromatic heterocycles. The Labute approximate surface area is 129 Å². The van der Waals surface area contributed by atoms with E-state index in [1.54, 1.807) is 30.3 Å². The molecule has 0 bridgehead atoms. The van der Waals surface area contributed by atoms with E-state index in [9.17, 15) is 14.7 Å². The molecule has 21 heavy (non-hydrogen) atoms. The van der Waals surface area contributed by atoms with Crippen LogP contribution < -0.4 is 5.32 Å². The van der Waals surface area contributed by atoms with Crippen molar-refractivity contribution < 1.29 is 14.7 Å². The van der Waals surface area contributed by atoms with E-state index in [2.05, 4.69) is 5.32 Å². The third-order valence-electron chi connectivity index (χ3n) is 2.92. The van der Waals surface area contributed by atoms with Gasteiger partial charge >= 0.3 is 5.97 Å². The van der Waals surface area contributed by atoms with Crippen LogP contribution in [-0.4, -0.2) is 23.0 Å². The van der Waals surface area contributed by atoms with Crippen molar-refractivity contribution in [2.24, 2.45) is 0 Å². The van der Waals surface area contributed by atoms with Crippen LogP contribution in [0.5, 0.6) is 0 Å². The van der Waals surface area contributed by atoms with Crippen LogP contribution in [0.15, 0.2) is 60.7 Å². The van der Waals surface area contributed by atoms with Gasteiger partial charge < -0.3 is 10.4 Å². The number of halogens is 1. The first-order valence-electron chi connectivity index (χ1n) is 6.29. The Morgan fingerprint density at radius 2 is 1.48 bits per heavy atom. The van der Waals surface area contributed by atoms with E-state index in [4.69, 9.17) is 0 Å². The lowest BCUT2D eigenvalue weighted by Crippen LogP contribution is -2.42. The molecule has 1 atom stereocenters. The minimum absolute atomic E-state index is 0. The maximum Gasteiger partial charge on any atom is 0.326 e. The van der Waals surface area contributed by atoms with Gasteiger partial charge in [-0.2, -0.15) is 0 Å². The normalized spacial score (nSPS) is 11.0. The monoisotopic (exact) mass is 305 g/mol. The topological polar surface area (TPSA) is 66.4 Å². The number of carboxylic acids is 1. The van der Waals surface area contributed by atoms with E-state index in [0.29, 0.717) is 5.56 Å². The highest BCUT2D eigenvalue weighted by Gasteiger charge is 2.20.